The van der Waals surface area contributed by atoms with Crippen molar-refractivity contribution in [1.29, 1.82) is 0 Å². The van der Waals surface area contributed by atoms with Gasteiger partial charge in [-0.25, -0.2) is 4.98 Å². The average Bonchev–Trinajstić information content (AvgIpc) is 2.49. The average molecular weight is 277 g/mol. The number of aromatic nitrogens is 1. The summed E-state index contributed by atoms with van der Waals surface area (Å²) in [4.78, 5) is 18.3. The maximum atomic E-state index is 11.9. The van der Waals surface area contributed by atoms with Crippen molar-refractivity contribution in [2.24, 2.45) is 0 Å². The summed E-state index contributed by atoms with van der Waals surface area (Å²) < 4.78 is 0. The lowest BCUT2D eigenvalue weighted by Crippen LogP contribution is -2.25. The highest BCUT2D eigenvalue weighted by Gasteiger charge is 2.07. The van der Waals surface area contributed by atoms with Gasteiger partial charge in [0.05, 0.1) is 11.9 Å². The Balaban J connectivity index is 2.46. The number of rotatable bonds is 9. The summed E-state index contributed by atoms with van der Waals surface area (Å²) in [5.74, 6) is -0.0798. The summed E-state index contributed by atoms with van der Waals surface area (Å²) in [5, 5.41) is 2.90. The molecule has 0 radical (unpaired) electrons. The van der Waals surface area contributed by atoms with E-state index >= 15 is 0 Å². The number of pyridine rings is 1. The predicted molar refractivity (Wildman–Crippen MR) is 84.3 cm³/mol. The number of hydrogen-bond acceptors (Lipinski definition) is 3. The summed E-state index contributed by atoms with van der Waals surface area (Å²) in [5.41, 5.74) is 1.55. The van der Waals surface area contributed by atoms with E-state index < -0.39 is 0 Å². The quantitative estimate of drug-likeness (QED) is 0.705. The Bertz CT molecular complexity index is 389. The minimum atomic E-state index is -0.0798. The Morgan fingerprint density at radius 2 is 1.95 bits per heavy atom. The van der Waals surface area contributed by atoms with E-state index in [1.54, 1.807) is 12.3 Å². The zero-order chi connectivity index (χ0) is 14.8. The maximum Gasteiger partial charge on any atom is 0.269 e. The lowest BCUT2D eigenvalue weighted by molar-refractivity contribution is 0.0948. The molecule has 0 atom stereocenters. The zero-order valence-corrected chi connectivity index (χ0v) is 13.0. The van der Waals surface area contributed by atoms with Crippen molar-refractivity contribution in [3.8, 4) is 0 Å². The molecule has 20 heavy (non-hydrogen) atoms. The fourth-order valence-electron chi connectivity index (χ4n) is 1.94. The van der Waals surface area contributed by atoms with Crippen LogP contribution >= 0.6 is 0 Å². The Kier molecular flexibility index (Phi) is 7.70. The third-order valence-corrected chi connectivity index (χ3v) is 3.33. The summed E-state index contributed by atoms with van der Waals surface area (Å²) in [6.45, 7) is 6.07. The van der Waals surface area contributed by atoms with Crippen LogP contribution in [-0.4, -0.2) is 31.0 Å². The van der Waals surface area contributed by atoms with Gasteiger partial charge in [0.25, 0.3) is 5.91 Å². The SMILES string of the molecule is CCCCCNC(=O)c1ccc(N(C)CCCC)cn1. The van der Waals surface area contributed by atoms with Crippen molar-refractivity contribution in [1.82, 2.24) is 10.3 Å². The minimum Gasteiger partial charge on any atom is -0.373 e. The molecule has 0 fully saturated rings. The number of amides is 1. The van der Waals surface area contributed by atoms with E-state index in [1.807, 2.05) is 6.07 Å². The van der Waals surface area contributed by atoms with Gasteiger partial charge in [-0.05, 0) is 25.0 Å². The summed E-state index contributed by atoms with van der Waals surface area (Å²) in [6, 6.07) is 3.76. The largest absolute Gasteiger partial charge is 0.373 e. The highest BCUT2D eigenvalue weighted by molar-refractivity contribution is 5.92. The first kappa shape index (κ1) is 16.5. The van der Waals surface area contributed by atoms with Gasteiger partial charge in [0.1, 0.15) is 5.69 Å². The summed E-state index contributed by atoms with van der Waals surface area (Å²) in [7, 11) is 2.05. The molecule has 4 heteroatoms. The van der Waals surface area contributed by atoms with Gasteiger partial charge in [0.2, 0.25) is 0 Å². The number of anilines is 1. The molecule has 0 aliphatic carbocycles. The number of nitrogens with zero attached hydrogens (tertiary/aromatic N) is 2. The van der Waals surface area contributed by atoms with Crippen molar-refractivity contribution in [3.05, 3.63) is 24.0 Å². The van der Waals surface area contributed by atoms with Crippen LogP contribution in [0.2, 0.25) is 0 Å². The molecule has 1 heterocycles. The number of unbranched alkanes of at least 4 members (excludes halogenated alkanes) is 3. The smallest absolute Gasteiger partial charge is 0.269 e. The van der Waals surface area contributed by atoms with Gasteiger partial charge in [-0.1, -0.05) is 33.1 Å². The molecule has 1 rings (SSSR count). The molecule has 112 valence electrons. The van der Waals surface area contributed by atoms with Crippen LogP contribution in [0.5, 0.6) is 0 Å². The van der Waals surface area contributed by atoms with E-state index in [4.69, 9.17) is 0 Å². The third kappa shape index (κ3) is 5.59. The van der Waals surface area contributed by atoms with Crippen LogP contribution in [0.1, 0.15) is 56.4 Å². The molecule has 1 aromatic rings. The van der Waals surface area contributed by atoms with Gasteiger partial charge in [0.15, 0.2) is 0 Å². The molecule has 0 saturated carbocycles. The molecule has 0 spiro atoms. The van der Waals surface area contributed by atoms with Gasteiger partial charge < -0.3 is 10.2 Å². The first-order valence-corrected chi connectivity index (χ1v) is 7.64. The normalized spacial score (nSPS) is 10.3. The molecule has 1 aromatic heterocycles. The number of carbonyl (C=O) groups is 1. The minimum absolute atomic E-state index is 0.0798. The van der Waals surface area contributed by atoms with Crippen molar-refractivity contribution in [3.63, 3.8) is 0 Å². The molecule has 0 aliphatic heterocycles. The van der Waals surface area contributed by atoms with Crippen LogP contribution in [0.15, 0.2) is 18.3 Å². The molecule has 4 nitrogen and oxygen atoms in total. The highest BCUT2D eigenvalue weighted by atomic mass is 16.1. The lowest BCUT2D eigenvalue weighted by atomic mass is 10.2. The van der Waals surface area contributed by atoms with Gasteiger partial charge >= 0.3 is 0 Å². The van der Waals surface area contributed by atoms with Gasteiger partial charge in [-0.3, -0.25) is 4.79 Å². The fourth-order valence-corrected chi connectivity index (χ4v) is 1.94. The Morgan fingerprint density at radius 3 is 2.55 bits per heavy atom. The molecular formula is C16H27N3O. The van der Waals surface area contributed by atoms with Gasteiger partial charge in [-0.2, -0.15) is 0 Å². The van der Waals surface area contributed by atoms with E-state index in [-0.39, 0.29) is 5.91 Å². The van der Waals surface area contributed by atoms with Crippen LogP contribution in [-0.2, 0) is 0 Å². The predicted octanol–water partition coefficient (Wildman–Crippen LogP) is 3.24. The summed E-state index contributed by atoms with van der Waals surface area (Å²) in [6.07, 6.45) is 7.45. The first-order valence-electron chi connectivity index (χ1n) is 7.64. The molecule has 0 bridgehead atoms. The molecule has 0 aliphatic rings. The standard InChI is InChI=1S/C16H27N3O/c1-4-6-8-11-17-16(20)15-10-9-14(13-18-15)19(3)12-7-5-2/h9-10,13H,4-8,11-12H2,1-3H3,(H,17,20). The van der Waals surface area contributed by atoms with Crippen LogP contribution in [0.25, 0.3) is 0 Å². The Labute approximate surface area is 122 Å². The third-order valence-electron chi connectivity index (χ3n) is 3.33. The molecule has 1 amide bonds. The van der Waals surface area contributed by atoms with Crippen molar-refractivity contribution < 1.29 is 4.79 Å². The van der Waals surface area contributed by atoms with Crippen LogP contribution in [0.3, 0.4) is 0 Å². The monoisotopic (exact) mass is 277 g/mol. The molecule has 1 N–H and O–H groups in total. The maximum absolute atomic E-state index is 11.9. The van der Waals surface area contributed by atoms with Crippen molar-refractivity contribution in [2.75, 3.05) is 25.0 Å². The zero-order valence-electron chi connectivity index (χ0n) is 13.0. The van der Waals surface area contributed by atoms with Gasteiger partial charge in [-0.15, -0.1) is 0 Å². The van der Waals surface area contributed by atoms with E-state index in [9.17, 15) is 4.79 Å². The fraction of sp³-hybridized carbons (Fsp3) is 0.625. The highest BCUT2D eigenvalue weighted by Crippen LogP contribution is 2.12. The van der Waals surface area contributed by atoms with Crippen LogP contribution in [0, 0.1) is 0 Å². The van der Waals surface area contributed by atoms with E-state index in [2.05, 4.69) is 36.1 Å². The number of carbonyl (C=O) groups excluding carboxylic acids is 1. The van der Waals surface area contributed by atoms with Crippen LogP contribution in [0.4, 0.5) is 5.69 Å². The number of hydrogen-bond donors (Lipinski definition) is 1. The van der Waals surface area contributed by atoms with Crippen LogP contribution < -0.4 is 10.2 Å². The van der Waals surface area contributed by atoms with Gasteiger partial charge in [0, 0.05) is 20.1 Å². The second-order valence-corrected chi connectivity index (χ2v) is 5.14. The Morgan fingerprint density at radius 1 is 1.20 bits per heavy atom. The Hall–Kier alpha value is -1.58. The van der Waals surface area contributed by atoms with E-state index in [0.29, 0.717) is 5.69 Å². The first-order chi connectivity index (χ1) is 9.69. The topological polar surface area (TPSA) is 45.2 Å². The second kappa shape index (κ2) is 9.34. The molecular weight excluding hydrogens is 250 g/mol. The van der Waals surface area contributed by atoms with E-state index in [1.165, 1.54) is 6.42 Å². The second-order valence-electron chi connectivity index (χ2n) is 5.14. The van der Waals surface area contributed by atoms with Crippen molar-refractivity contribution in [2.45, 2.75) is 46.0 Å². The van der Waals surface area contributed by atoms with Crippen molar-refractivity contribution >= 4 is 11.6 Å². The van der Waals surface area contributed by atoms with E-state index in [0.717, 1.165) is 44.5 Å². The molecule has 0 unspecified atom stereocenters. The molecule has 0 aromatic carbocycles. The number of nitrogens with one attached hydrogen (secondary N) is 1. The molecule has 0 saturated heterocycles. The summed E-state index contributed by atoms with van der Waals surface area (Å²) >= 11 is 0. The lowest BCUT2D eigenvalue weighted by Gasteiger charge is -2.18.